The second-order valence-electron chi connectivity index (χ2n) is 4.79. The highest BCUT2D eigenvalue weighted by Crippen LogP contribution is 2.17. The van der Waals surface area contributed by atoms with Crippen molar-refractivity contribution in [2.45, 2.75) is 19.4 Å². The molecule has 5 heteroatoms. The number of anilines is 1. The van der Waals surface area contributed by atoms with Crippen LogP contribution in [0.1, 0.15) is 12.0 Å². The average Bonchev–Trinajstić information content (AvgIpc) is 2.74. The van der Waals surface area contributed by atoms with E-state index in [4.69, 9.17) is 5.11 Å². The van der Waals surface area contributed by atoms with Gasteiger partial charge in [0.2, 0.25) is 0 Å². The van der Waals surface area contributed by atoms with Crippen molar-refractivity contribution in [3.8, 4) is 0 Å². The molecule has 0 fully saturated rings. The number of nitrogens with one attached hydrogen (secondary N) is 2. The number of amides is 2. The summed E-state index contributed by atoms with van der Waals surface area (Å²) >= 11 is 0. The van der Waals surface area contributed by atoms with Gasteiger partial charge >= 0.3 is 6.03 Å². The molecule has 4 nitrogen and oxygen atoms in total. The summed E-state index contributed by atoms with van der Waals surface area (Å²) in [4.78, 5) is 11.7. The number of halogens is 1. The summed E-state index contributed by atoms with van der Waals surface area (Å²) in [6.07, 6.45) is 4.43. The molecule has 3 N–H and O–H groups in total. The van der Waals surface area contributed by atoms with Gasteiger partial charge in [0.05, 0.1) is 0 Å². The lowest BCUT2D eigenvalue weighted by Gasteiger charge is -2.14. The topological polar surface area (TPSA) is 61.4 Å². The molecule has 19 heavy (non-hydrogen) atoms. The number of benzene rings is 1. The summed E-state index contributed by atoms with van der Waals surface area (Å²) in [5.74, 6) is -0.280. The van der Waals surface area contributed by atoms with Crippen LogP contribution in [0.25, 0.3) is 0 Å². The summed E-state index contributed by atoms with van der Waals surface area (Å²) in [6.45, 7) is 1.84. The van der Waals surface area contributed by atoms with Crippen molar-refractivity contribution < 1.29 is 14.3 Å². The van der Waals surface area contributed by atoms with Crippen molar-refractivity contribution in [3.05, 3.63) is 41.7 Å². The Balaban J connectivity index is 1.89. The van der Waals surface area contributed by atoms with Crippen LogP contribution in [0, 0.1) is 18.7 Å². The molecule has 0 aliphatic heterocycles. The Hall–Kier alpha value is -1.88. The third-order valence-corrected chi connectivity index (χ3v) is 3.02. The molecular formula is C14H17FN2O2. The van der Waals surface area contributed by atoms with Gasteiger partial charge < -0.3 is 15.7 Å². The van der Waals surface area contributed by atoms with Crippen molar-refractivity contribution in [2.24, 2.45) is 5.92 Å². The Morgan fingerprint density at radius 1 is 1.42 bits per heavy atom. The van der Waals surface area contributed by atoms with Crippen LogP contribution in [0.2, 0.25) is 0 Å². The van der Waals surface area contributed by atoms with Gasteiger partial charge in [0.25, 0.3) is 0 Å². The fourth-order valence-corrected chi connectivity index (χ4v) is 2.16. The first kappa shape index (κ1) is 13.5. The normalized spacial score (nSPS) is 21.4. The molecule has 0 unspecified atom stereocenters. The number of rotatable bonds is 3. The summed E-state index contributed by atoms with van der Waals surface area (Å²) in [6, 6.07) is 3.90. The van der Waals surface area contributed by atoms with Crippen LogP contribution in [0.15, 0.2) is 30.4 Å². The Morgan fingerprint density at radius 2 is 2.21 bits per heavy atom. The second-order valence-corrected chi connectivity index (χ2v) is 4.79. The predicted octanol–water partition coefficient (Wildman–Crippen LogP) is 2.19. The van der Waals surface area contributed by atoms with Gasteiger partial charge in [-0.25, -0.2) is 9.18 Å². The van der Waals surface area contributed by atoms with E-state index in [-0.39, 0.29) is 30.4 Å². The monoisotopic (exact) mass is 264 g/mol. The average molecular weight is 264 g/mol. The zero-order valence-electron chi connectivity index (χ0n) is 10.7. The maximum absolute atomic E-state index is 13.2. The number of aliphatic hydroxyl groups excluding tert-OH is 1. The highest BCUT2D eigenvalue weighted by Gasteiger charge is 2.19. The van der Waals surface area contributed by atoms with E-state index in [9.17, 15) is 9.18 Å². The number of hydrogen-bond acceptors (Lipinski definition) is 2. The molecule has 1 aromatic carbocycles. The first-order valence-corrected chi connectivity index (χ1v) is 6.20. The Morgan fingerprint density at radius 3 is 2.84 bits per heavy atom. The minimum absolute atomic E-state index is 0.0827. The van der Waals surface area contributed by atoms with Gasteiger partial charge in [-0.2, -0.15) is 0 Å². The number of carbonyl (C=O) groups is 1. The van der Waals surface area contributed by atoms with Crippen LogP contribution in [-0.4, -0.2) is 23.8 Å². The smallest absolute Gasteiger partial charge is 0.319 e. The van der Waals surface area contributed by atoms with E-state index < -0.39 is 0 Å². The van der Waals surface area contributed by atoms with Crippen molar-refractivity contribution >= 4 is 11.7 Å². The third-order valence-electron chi connectivity index (χ3n) is 3.02. The van der Waals surface area contributed by atoms with E-state index in [0.29, 0.717) is 12.1 Å². The Labute approximate surface area is 111 Å². The highest BCUT2D eigenvalue weighted by molar-refractivity contribution is 5.89. The number of aryl methyl sites for hydroxylation is 1. The molecule has 102 valence electrons. The SMILES string of the molecule is Cc1cc(F)cc(NC(=O)N[C@@H]2C=C[C@H](CO)C2)c1. The molecule has 0 spiro atoms. The largest absolute Gasteiger partial charge is 0.396 e. The van der Waals surface area contributed by atoms with Crippen molar-refractivity contribution in [1.29, 1.82) is 0 Å². The lowest BCUT2D eigenvalue weighted by Crippen LogP contribution is -2.36. The molecule has 0 saturated heterocycles. The molecule has 1 aliphatic rings. The van der Waals surface area contributed by atoms with Crippen molar-refractivity contribution in [3.63, 3.8) is 0 Å². The quantitative estimate of drug-likeness (QED) is 0.733. The van der Waals surface area contributed by atoms with Gasteiger partial charge in [-0.05, 0) is 37.1 Å². The Bertz CT molecular complexity index is 482. The molecule has 0 bridgehead atoms. The van der Waals surface area contributed by atoms with E-state index in [1.165, 1.54) is 12.1 Å². The first-order chi connectivity index (χ1) is 9.06. The third kappa shape index (κ3) is 3.79. The van der Waals surface area contributed by atoms with Gasteiger partial charge in [0.1, 0.15) is 5.82 Å². The fourth-order valence-electron chi connectivity index (χ4n) is 2.16. The van der Waals surface area contributed by atoms with E-state index in [1.54, 1.807) is 13.0 Å². The minimum atomic E-state index is -0.378. The number of hydrogen-bond donors (Lipinski definition) is 3. The van der Waals surface area contributed by atoms with Crippen LogP contribution >= 0.6 is 0 Å². The molecule has 1 aliphatic carbocycles. The Kier molecular flexibility index (Phi) is 4.16. The molecule has 0 saturated carbocycles. The molecule has 2 amide bonds. The lowest BCUT2D eigenvalue weighted by molar-refractivity contribution is 0.238. The second kappa shape index (κ2) is 5.84. The zero-order valence-corrected chi connectivity index (χ0v) is 10.7. The van der Waals surface area contributed by atoms with Crippen molar-refractivity contribution in [1.82, 2.24) is 5.32 Å². The fraction of sp³-hybridized carbons (Fsp3) is 0.357. The summed E-state index contributed by atoms with van der Waals surface area (Å²) < 4.78 is 13.2. The predicted molar refractivity (Wildman–Crippen MR) is 71.4 cm³/mol. The van der Waals surface area contributed by atoms with E-state index in [2.05, 4.69) is 10.6 Å². The number of aliphatic hydroxyl groups is 1. The van der Waals surface area contributed by atoms with Gasteiger partial charge in [0, 0.05) is 24.3 Å². The summed E-state index contributed by atoms with van der Waals surface area (Å²) in [5.41, 5.74) is 1.17. The molecule has 0 radical (unpaired) electrons. The number of urea groups is 1. The minimum Gasteiger partial charge on any atom is -0.396 e. The summed E-state index contributed by atoms with van der Waals surface area (Å²) in [7, 11) is 0. The lowest BCUT2D eigenvalue weighted by atomic mass is 10.1. The van der Waals surface area contributed by atoms with Crippen LogP contribution < -0.4 is 10.6 Å². The highest BCUT2D eigenvalue weighted by atomic mass is 19.1. The number of carbonyl (C=O) groups excluding carboxylic acids is 1. The van der Waals surface area contributed by atoms with Crippen LogP contribution in [0.5, 0.6) is 0 Å². The maximum Gasteiger partial charge on any atom is 0.319 e. The maximum atomic E-state index is 13.2. The van der Waals surface area contributed by atoms with E-state index in [1.807, 2.05) is 12.2 Å². The summed E-state index contributed by atoms with van der Waals surface area (Å²) in [5, 5.41) is 14.3. The van der Waals surface area contributed by atoms with Gasteiger partial charge in [-0.1, -0.05) is 12.2 Å². The molecule has 2 atom stereocenters. The van der Waals surface area contributed by atoms with Crippen molar-refractivity contribution in [2.75, 3.05) is 11.9 Å². The molecule has 0 aromatic heterocycles. The molecule has 1 aromatic rings. The van der Waals surface area contributed by atoms with Gasteiger partial charge in [0.15, 0.2) is 0 Å². The van der Waals surface area contributed by atoms with E-state index in [0.717, 1.165) is 5.56 Å². The molecule has 2 rings (SSSR count). The zero-order chi connectivity index (χ0) is 13.8. The molecular weight excluding hydrogens is 247 g/mol. The molecule has 0 heterocycles. The van der Waals surface area contributed by atoms with Crippen LogP contribution in [0.3, 0.4) is 0 Å². The van der Waals surface area contributed by atoms with E-state index >= 15 is 0 Å². The first-order valence-electron chi connectivity index (χ1n) is 6.20. The van der Waals surface area contributed by atoms with Crippen LogP contribution in [-0.2, 0) is 0 Å². The van der Waals surface area contributed by atoms with Gasteiger partial charge in [-0.15, -0.1) is 0 Å². The standard InChI is InChI=1S/C14H17FN2O2/c1-9-4-11(15)7-13(5-9)17-14(19)16-12-3-2-10(6-12)8-18/h2-5,7,10,12,18H,6,8H2,1H3,(H2,16,17,19)/t10-,12+/m0/s1. The van der Waals surface area contributed by atoms with Gasteiger partial charge in [-0.3, -0.25) is 0 Å². The van der Waals surface area contributed by atoms with Crippen LogP contribution in [0.4, 0.5) is 14.9 Å².